The highest BCUT2D eigenvalue weighted by Crippen LogP contribution is 2.29. The van der Waals surface area contributed by atoms with Crippen molar-refractivity contribution >= 4 is 22.7 Å². The molecule has 4 aromatic heterocycles. The lowest BCUT2D eigenvalue weighted by molar-refractivity contribution is 0.426. The largest absolute Gasteiger partial charge is 0.367 e. The van der Waals surface area contributed by atoms with Gasteiger partial charge in [-0.15, -0.1) is 0 Å². The molecule has 9 heteroatoms. The van der Waals surface area contributed by atoms with Crippen molar-refractivity contribution in [3.8, 4) is 11.4 Å². The van der Waals surface area contributed by atoms with Crippen LogP contribution in [0.25, 0.3) is 22.4 Å². The van der Waals surface area contributed by atoms with Gasteiger partial charge in [0.2, 0.25) is 0 Å². The molecular weight excluding hydrogens is 395 g/mol. The van der Waals surface area contributed by atoms with Crippen molar-refractivity contribution in [1.29, 1.82) is 0 Å². The Hall–Kier alpha value is -3.62. The Balaban J connectivity index is 1.35. The first-order valence-electron chi connectivity index (χ1n) is 10.4. The Labute approximate surface area is 178 Å². The van der Waals surface area contributed by atoms with Gasteiger partial charge in [0, 0.05) is 53.4 Å². The molecule has 0 spiro atoms. The number of H-pyrrole nitrogens is 1. The first-order chi connectivity index (χ1) is 15.2. The first kappa shape index (κ1) is 19.3. The minimum atomic E-state index is -0.386. The third-order valence-corrected chi connectivity index (χ3v) is 5.64. The number of aromatic amines is 1. The number of hydrogen-bond donors (Lipinski definition) is 3. The van der Waals surface area contributed by atoms with Crippen molar-refractivity contribution in [2.24, 2.45) is 0 Å². The van der Waals surface area contributed by atoms with Gasteiger partial charge >= 0.3 is 0 Å². The zero-order chi connectivity index (χ0) is 21.2. The van der Waals surface area contributed by atoms with E-state index in [1.165, 1.54) is 12.3 Å². The molecule has 1 saturated carbocycles. The number of fused-ring (bicyclic) bond motifs is 1. The Kier molecular flexibility index (Phi) is 5.15. The number of halogens is 1. The van der Waals surface area contributed by atoms with Crippen LogP contribution >= 0.6 is 0 Å². The molecule has 2 atom stereocenters. The molecule has 0 amide bonds. The van der Waals surface area contributed by atoms with Gasteiger partial charge in [0.05, 0.1) is 12.4 Å². The minimum absolute atomic E-state index is 0.284. The molecule has 31 heavy (non-hydrogen) atoms. The van der Waals surface area contributed by atoms with Gasteiger partial charge in [-0.2, -0.15) is 0 Å². The lowest BCUT2D eigenvalue weighted by atomic mass is 9.91. The van der Waals surface area contributed by atoms with Crippen LogP contribution in [-0.2, 0) is 0 Å². The molecular formula is C22H23FN8. The van der Waals surface area contributed by atoms with E-state index in [-0.39, 0.29) is 11.9 Å². The summed E-state index contributed by atoms with van der Waals surface area (Å²) in [7, 11) is 0. The summed E-state index contributed by atoms with van der Waals surface area (Å²) < 4.78 is 13.7. The quantitative estimate of drug-likeness (QED) is 0.448. The van der Waals surface area contributed by atoms with Crippen molar-refractivity contribution in [3.63, 3.8) is 0 Å². The van der Waals surface area contributed by atoms with Gasteiger partial charge in [-0.1, -0.05) is 0 Å². The molecule has 1 fully saturated rings. The second-order valence-corrected chi connectivity index (χ2v) is 7.92. The van der Waals surface area contributed by atoms with E-state index in [1.807, 2.05) is 6.92 Å². The van der Waals surface area contributed by atoms with Crippen LogP contribution in [0.3, 0.4) is 0 Å². The third kappa shape index (κ3) is 4.16. The van der Waals surface area contributed by atoms with E-state index in [9.17, 15) is 4.39 Å². The maximum absolute atomic E-state index is 13.7. The third-order valence-electron chi connectivity index (χ3n) is 5.64. The molecule has 1 aliphatic carbocycles. The Morgan fingerprint density at radius 3 is 2.74 bits per heavy atom. The summed E-state index contributed by atoms with van der Waals surface area (Å²) in [6.07, 6.45) is 14.1. The van der Waals surface area contributed by atoms with Gasteiger partial charge in [0.15, 0.2) is 5.82 Å². The average molecular weight is 418 g/mol. The van der Waals surface area contributed by atoms with Crippen molar-refractivity contribution in [2.75, 3.05) is 10.6 Å². The van der Waals surface area contributed by atoms with Gasteiger partial charge in [0.1, 0.15) is 23.1 Å². The van der Waals surface area contributed by atoms with E-state index < -0.39 is 0 Å². The fourth-order valence-corrected chi connectivity index (χ4v) is 4.11. The highest BCUT2D eigenvalue weighted by atomic mass is 19.1. The van der Waals surface area contributed by atoms with Crippen molar-refractivity contribution in [3.05, 3.63) is 54.6 Å². The summed E-state index contributed by atoms with van der Waals surface area (Å²) in [5, 5.41) is 7.74. The minimum Gasteiger partial charge on any atom is -0.367 e. The van der Waals surface area contributed by atoms with Gasteiger partial charge in [-0.25, -0.2) is 24.3 Å². The Morgan fingerprint density at radius 2 is 1.90 bits per heavy atom. The summed E-state index contributed by atoms with van der Waals surface area (Å²) in [4.78, 5) is 24.8. The number of nitrogens with one attached hydrogen (secondary N) is 3. The maximum atomic E-state index is 13.7. The molecule has 4 heterocycles. The van der Waals surface area contributed by atoms with Gasteiger partial charge in [-0.05, 0) is 38.7 Å². The van der Waals surface area contributed by atoms with Gasteiger partial charge < -0.3 is 15.6 Å². The summed E-state index contributed by atoms with van der Waals surface area (Å²) >= 11 is 0. The van der Waals surface area contributed by atoms with Crippen LogP contribution in [0.5, 0.6) is 0 Å². The Morgan fingerprint density at radius 1 is 1.03 bits per heavy atom. The molecule has 0 unspecified atom stereocenters. The molecule has 0 bridgehead atoms. The fourth-order valence-electron chi connectivity index (χ4n) is 4.11. The summed E-state index contributed by atoms with van der Waals surface area (Å²) in [5.74, 6) is 1.75. The van der Waals surface area contributed by atoms with E-state index in [0.717, 1.165) is 48.4 Å². The molecule has 4 aromatic rings. The predicted molar refractivity (Wildman–Crippen MR) is 117 cm³/mol. The highest BCUT2D eigenvalue weighted by molar-refractivity contribution is 5.91. The maximum Gasteiger partial charge on any atom is 0.163 e. The van der Waals surface area contributed by atoms with Crippen molar-refractivity contribution in [1.82, 2.24) is 29.9 Å². The molecule has 0 aromatic carbocycles. The summed E-state index contributed by atoms with van der Waals surface area (Å²) in [6.45, 7) is 1.99. The van der Waals surface area contributed by atoms with Gasteiger partial charge in [-0.3, -0.25) is 4.98 Å². The van der Waals surface area contributed by atoms with Gasteiger partial charge in [0.25, 0.3) is 0 Å². The average Bonchev–Trinajstić information content (AvgIpc) is 3.19. The number of aryl methyl sites for hydroxylation is 1. The molecule has 0 saturated heterocycles. The lowest BCUT2D eigenvalue weighted by Crippen LogP contribution is -2.35. The van der Waals surface area contributed by atoms with E-state index in [1.54, 1.807) is 31.0 Å². The molecule has 8 nitrogen and oxygen atoms in total. The highest BCUT2D eigenvalue weighted by Gasteiger charge is 2.23. The molecule has 0 radical (unpaired) electrons. The van der Waals surface area contributed by atoms with E-state index in [0.29, 0.717) is 22.9 Å². The van der Waals surface area contributed by atoms with E-state index in [2.05, 4.69) is 35.6 Å². The number of rotatable bonds is 5. The summed E-state index contributed by atoms with van der Waals surface area (Å²) in [5.41, 5.74) is 2.31. The standard InChI is InChI=1S/C22H23FN8/c1-13-9-26-22(18-11-28-21-17(18)7-14(23)10-27-21)31-20(13)30-16-4-2-3-15(8-16)29-19-12-24-5-6-25-19/h5-7,9-12,15-16H,2-4,8H2,1H3,(H,25,29)(H,27,28)(H,26,30,31)/t15-,16+/m1/s1. The van der Waals surface area contributed by atoms with Crippen molar-refractivity contribution in [2.45, 2.75) is 44.7 Å². The molecule has 3 N–H and O–H groups in total. The van der Waals surface area contributed by atoms with Crippen LogP contribution in [0.4, 0.5) is 16.0 Å². The number of nitrogens with zero attached hydrogens (tertiary/aromatic N) is 5. The zero-order valence-electron chi connectivity index (χ0n) is 17.1. The second-order valence-electron chi connectivity index (χ2n) is 7.92. The first-order valence-corrected chi connectivity index (χ1v) is 10.4. The second kappa shape index (κ2) is 8.25. The molecule has 5 rings (SSSR count). The molecule has 1 aliphatic rings. The normalized spacial score (nSPS) is 18.8. The van der Waals surface area contributed by atoms with Crippen LogP contribution in [-0.4, -0.2) is 42.0 Å². The van der Waals surface area contributed by atoms with Crippen LogP contribution < -0.4 is 10.6 Å². The van der Waals surface area contributed by atoms with Crippen molar-refractivity contribution < 1.29 is 4.39 Å². The van der Waals surface area contributed by atoms with Crippen LogP contribution in [0.15, 0.2) is 43.2 Å². The van der Waals surface area contributed by atoms with Crippen LogP contribution in [0.1, 0.15) is 31.2 Å². The molecule has 0 aliphatic heterocycles. The SMILES string of the molecule is Cc1cnc(-c2c[nH]c3ncc(F)cc23)nc1N[C@H]1CCC[C@@H](Nc2cnccn2)C1. The topological polar surface area (TPSA) is 104 Å². The fraction of sp³-hybridized carbons (Fsp3) is 0.318. The van der Waals surface area contributed by atoms with Crippen LogP contribution in [0.2, 0.25) is 0 Å². The number of anilines is 2. The molecule has 158 valence electrons. The smallest absolute Gasteiger partial charge is 0.163 e. The number of pyridine rings is 1. The van der Waals surface area contributed by atoms with E-state index >= 15 is 0 Å². The number of hydrogen-bond acceptors (Lipinski definition) is 7. The Bertz CT molecular complexity index is 1190. The monoisotopic (exact) mass is 418 g/mol. The van der Waals surface area contributed by atoms with E-state index in [4.69, 9.17) is 4.98 Å². The van der Waals surface area contributed by atoms with Crippen LogP contribution in [0, 0.1) is 12.7 Å². The predicted octanol–water partition coefficient (Wildman–Crippen LogP) is 4.09. The number of aromatic nitrogens is 6. The summed E-state index contributed by atoms with van der Waals surface area (Å²) in [6, 6.07) is 2.06. The lowest BCUT2D eigenvalue weighted by Gasteiger charge is -2.31. The zero-order valence-corrected chi connectivity index (χ0v) is 17.1.